The SMILES string of the molecule is CCOCC(=O)NNC(=O)c1cc(Br)ccc1OCC(C)C. The average molecular weight is 373 g/mol. The van der Waals surface area contributed by atoms with E-state index in [1.165, 1.54) is 0 Å². The van der Waals surface area contributed by atoms with Crippen molar-refractivity contribution in [3.05, 3.63) is 28.2 Å². The van der Waals surface area contributed by atoms with Gasteiger partial charge in [0.15, 0.2) is 0 Å². The smallest absolute Gasteiger partial charge is 0.273 e. The van der Waals surface area contributed by atoms with E-state index in [1.807, 2.05) is 13.8 Å². The van der Waals surface area contributed by atoms with Gasteiger partial charge in [-0.05, 0) is 31.0 Å². The molecule has 0 spiro atoms. The van der Waals surface area contributed by atoms with E-state index in [4.69, 9.17) is 9.47 Å². The molecule has 6 nitrogen and oxygen atoms in total. The number of ether oxygens (including phenoxy) is 2. The Kier molecular flexibility index (Phi) is 7.90. The molecule has 22 heavy (non-hydrogen) atoms. The van der Waals surface area contributed by atoms with Crippen LogP contribution in [0.2, 0.25) is 0 Å². The minimum atomic E-state index is -0.454. The van der Waals surface area contributed by atoms with Crippen LogP contribution < -0.4 is 15.6 Å². The number of benzene rings is 1. The van der Waals surface area contributed by atoms with Crippen LogP contribution in [0.4, 0.5) is 0 Å². The zero-order valence-electron chi connectivity index (χ0n) is 12.9. The summed E-state index contributed by atoms with van der Waals surface area (Å²) >= 11 is 3.32. The monoisotopic (exact) mass is 372 g/mol. The number of hydrogen-bond acceptors (Lipinski definition) is 4. The third-order valence-corrected chi connectivity index (χ3v) is 3.00. The predicted octanol–water partition coefficient (Wildman–Crippen LogP) is 2.28. The highest BCUT2D eigenvalue weighted by Crippen LogP contribution is 2.23. The molecule has 2 amide bonds. The van der Waals surface area contributed by atoms with Crippen molar-refractivity contribution < 1.29 is 19.1 Å². The summed E-state index contributed by atoms with van der Waals surface area (Å²) in [7, 11) is 0. The van der Waals surface area contributed by atoms with Crippen LogP contribution in [0.5, 0.6) is 5.75 Å². The van der Waals surface area contributed by atoms with E-state index in [0.29, 0.717) is 30.4 Å². The Bertz CT molecular complexity index is 520. The van der Waals surface area contributed by atoms with Crippen molar-refractivity contribution in [3.63, 3.8) is 0 Å². The second-order valence-corrected chi connectivity index (χ2v) is 5.90. The first-order valence-corrected chi connectivity index (χ1v) is 7.82. The molecular formula is C15H21BrN2O4. The van der Waals surface area contributed by atoms with Gasteiger partial charge in [-0.3, -0.25) is 20.4 Å². The van der Waals surface area contributed by atoms with Gasteiger partial charge in [-0.1, -0.05) is 29.8 Å². The maximum atomic E-state index is 12.2. The number of amides is 2. The molecule has 2 N–H and O–H groups in total. The molecule has 1 aromatic carbocycles. The quantitative estimate of drug-likeness (QED) is 0.719. The third-order valence-electron chi connectivity index (χ3n) is 2.51. The van der Waals surface area contributed by atoms with E-state index in [9.17, 15) is 9.59 Å². The first kappa shape index (κ1) is 18.4. The summed E-state index contributed by atoms with van der Waals surface area (Å²) in [5.41, 5.74) is 4.98. The number of rotatable bonds is 7. The number of carbonyl (C=O) groups excluding carboxylic acids is 2. The fraction of sp³-hybridized carbons (Fsp3) is 0.467. The summed E-state index contributed by atoms with van der Waals surface area (Å²) < 4.78 is 11.3. The molecule has 0 aromatic heterocycles. The molecule has 0 saturated carbocycles. The van der Waals surface area contributed by atoms with Gasteiger partial charge >= 0.3 is 0 Å². The Morgan fingerprint density at radius 3 is 2.64 bits per heavy atom. The van der Waals surface area contributed by atoms with Crippen LogP contribution >= 0.6 is 15.9 Å². The molecule has 0 unspecified atom stereocenters. The highest BCUT2D eigenvalue weighted by atomic mass is 79.9. The van der Waals surface area contributed by atoms with Crippen LogP contribution in [0.3, 0.4) is 0 Å². The molecule has 0 radical (unpaired) electrons. The molecule has 0 bridgehead atoms. The topological polar surface area (TPSA) is 76.7 Å². The fourth-order valence-corrected chi connectivity index (χ4v) is 1.85. The van der Waals surface area contributed by atoms with Crippen molar-refractivity contribution >= 4 is 27.7 Å². The van der Waals surface area contributed by atoms with Crippen LogP contribution in [0.1, 0.15) is 31.1 Å². The minimum absolute atomic E-state index is 0.105. The Balaban J connectivity index is 2.70. The van der Waals surface area contributed by atoms with Crippen molar-refractivity contribution in [1.82, 2.24) is 10.9 Å². The second-order valence-electron chi connectivity index (χ2n) is 4.98. The third kappa shape index (κ3) is 6.44. The van der Waals surface area contributed by atoms with Gasteiger partial charge in [0, 0.05) is 11.1 Å². The summed E-state index contributed by atoms with van der Waals surface area (Å²) in [6.07, 6.45) is 0. The van der Waals surface area contributed by atoms with Gasteiger partial charge in [0.2, 0.25) is 0 Å². The van der Waals surface area contributed by atoms with Gasteiger partial charge in [0.1, 0.15) is 12.4 Å². The van der Waals surface area contributed by atoms with Gasteiger partial charge in [-0.15, -0.1) is 0 Å². The standard InChI is InChI=1S/C15H21BrN2O4/c1-4-21-9-14(19)17-18-15(20)12-7-11(16)5-6-13(12)22-8-10(2)3/h5-7,10H,4,8-9H2,1-3H3,(H,17,19)(H,18,20). The van der Waals surface area contributed by atoms with Gasteiger partial charge in [-0.2, -0.15) is 0 Å². The minimum Gasteiger partial charge on any atom is -0.492 e. The highest BCUT2D eigenvalue weighted by Gasteiger charge is 2.14. The first-order valence-electron chi connectivity index (χ1n) is 7.03. The molecule has 0 aliphatic heterocycles. The summed E-state index contributed by atoms with van der Waals surface area (Å²) in [5, 5.41) is 0. The molecule has 0 fully saturated rings. The lowest BCUT2D eigenvalue weighted by Gasteiger charge is -2.14. The van der Waals surface area contributed by atoms with Crippen molar-refractivity contribution in [1.29, 1.82) is 0 Å². The normalized spacial score (nSPS) is 10.4. The summed E-state index contributed by atoms with van der Waals surface area (Å²) in [6.45, 7) is 6.65. The van der Waals surface area contributed by atoms with E-state index < -0.39 is 11.8 Å². The van der Waals surface area contributed by atoms with E-state index in [0.717, 1.165) is 4.47 Å². The molecule has 1 aromatic rings. The number of carbonyl (C=O) groups is 2. The van der Waals surface area contributed by atoms with Crippen molar-refractivity contribution in [2.75, 3.05) is 19.8 Å². The number of hydrazine groups is 1. The summed E-state index contributed by atoms with van der Waals surface area (Å²) in [4.78, 5) is 23.6. The Hall–Kier alpha value is -1.60. The molecule has 0 aliphatic carbocycles. The van der Waals surface area contributed by atoms with Crippen LogP contribution in [0.15, 0.2) is 22.7 Å². The van der Waals surface area contributed by atoms with E-state index in [-0.39, 0.29) is 6.61 Å². The lowest BCUT2D eigenvalue weighted by Crippen LogP contribution is -2.43. The molecule has 0 heterocycles. The van der Waals surface area contributed by atoms with Gasteiger partial charge in [0.05, 0.1) is 12.2 Å². The maximum Gasteiger partial charge on any atom is 0.273 e. The van der Waals surface area contributed by atoms with E-state index >= 15 is 0 Å². The molecular weight excluding hydrogens is 352 g/mol. The molecule has 0 aliphatic rings. The van der Waals surface area contributed by atoms with Crippen molar-refractivity contribution in [2.45, 2.75) is 20.8 Å². The van der Waals surface area contributed by atoms with Gasteiger partial charge in [-0.25, -0.2) is 0 Å². The fourth-order valence-electron chi connectivity index (χ4n) is 1.49. The van der Waals surface area contributed by atoms with E-state index in [2.05, 4.69) is 26.8 Å². The Morgan fingerprint density at radius 1 is 1.27 bits per heavy atom. The highest BCUT2D eigenvalue weighted by molar-refractivity contribution is 9.10. The van der Waals surface area contributed by atoms with Crippen LogP contribution in [0, 0.1) is 5.92 Å². The van der Waals surface area contributed by atoms with Crippen LogP contribution in [0.25, 0.3) is 0 Å². The second kappa shape index (κ2) is 9.42. The number of halogens is 1. The molecule has 0 atom stereocenters. The number of hydrogen-bond donors (Lipinski definition) is 2. The summed E-state index contributed by atoms with van der Waals surface area (Å²) in [6, 6.07) is 5.14. The number of nitrogens with one attached hydrogen (secondary N) is 2. The average Bonchev–Trinajstić information content (AvgIpc) is 2.49. The van der Waals surface area contributed by atoms with Crippen molar-refractivity contribution in [3.8, 4) is 5.75 Å². The van der Waals surface area contributed by atoms with Crippen molar-refractivity contribution in [2.24, 2.45) is 5.92 Å². The zero-order chi connectivity index (χ0) is 16.5. The molecule has 1 rings (SSSR count). The van der Waals surface area contributed by atoms with Crippen LogP contribution in [-0.4, -0.2) is 31.6 Å². The lowest BCUT2D eigenvalue weighted by atomic mass is 10.2. The molecule has 0 saturated heterocycles. The predicted molar refractivity (Wildman–Crippen MR) is 86.6 cm³/mol. The van der Waals surface area contributed by atoms with Crippen LogP contribution in [-0.2, 0) is 9.53 Å². The summed E-state index contributed by atoms with van der Waals surface area (Å²) in [5.74, 6) is -0.0707. The maximum absolute atomic E-state index is 12.2. The van der Waals surface area contributed by atoms with E-state index in [1.54, 1.807) is 25.1 Å². The molecule has 122 valence electrons. The Morgan fingerprint density at radius 2 is 2.00 bits per heavy atom. The Labute approximate surface area is 138 Å². The first-order chi connectivity index (χ1) is 10.4. The van der Waals surface area contributed by atoms with Gasteiger partial charge < -0.3 is 9.47 Å². The zero-order valence-corrected chi connectivity index (χ0v) is 14.5. The van der Waals surface area contributed by atoms with Gasteiger partial charge in [0.25, 0.3) is 11.8 Å². The largest absolute Gasteiger partial charge is 0.492 e. The lowest BCUT2D eigenvalue weighted by molar-refractivity contribution is -0.126. The molecule has 7 heteroatoms.